The number of rotatable bonds is 7. The zero-order valence-corrected chi connectivity index (χ0v) is 15.9. The van der Waals surface area contributed by atoms with Crippen molar-refractivity contribution in [2.75, 3.05) is 12.5 Å². The van der Waals surface area contributed by atoms with Gasteiger partial charge in [-0.2, -0.15) is 5.10 Å². The third-order valence-electron chi connectivity index (χ3n) is 3.69. The zero-order valence-electron chi connectivity index (χ0n) is 14.3. The highest BCUT2D eigenvalue weighted by molar-refractivity contribution is 7.71. The van der Waals surface area contributed by atoms with Gasteiger partial charge < -0.3 is 14.9 Å². The van der Waals surface area contributed by atoms with Crippen molar-refractivity contribution >= 4 is 23.8 Å². The number of nitrogens with one attached hydrogen (secondary N) is 2. The van der Waals surface area contributed by atoms with Gasteiger partial charge in [0, 0.05) is 11.8 Å². The van der Waals surface area contributed by atoms with Gasteiger partial charge in [-0.1, -0.05) is 23.7 Å². The zero-order chi connectivity index (χ0) is 18.5. The number of aromatic amines is 1. The van der Waals surface area contributed by atoms with Crippen LogP contribution in [-0.2, 0) is 13.2 Å². The molecule has 0 saturated heterocycles. The van der Waals surface area contributed by atoms with E-state index in [1.165, 1.54) is 0 Å². The van der Waals surface area contributed by atoms with Crippen LogP contribution in [0.25, 0.3) is 0 Å². The molecular weight excluding hydrogens is 374 g/mol. The van der Waals surface area contributed by atoms with Gasteiger partial charge in [-0.05, 0) is 42.9 Å². The van der Waals surface area contributed by atoms with Crippen molar-refractivity contribution in [2.24, 2.45) is 0 Å². The topological polar surface area (TPSA) is 77.0 Å². The van der Waals surface area contributed by atoms with Gasteiger partial charge in [0.25, 0.3) is 0 Å². The maximum Gasteiger partial charge on any atom is 0.214 e. The maximum absolute atomic E-state index is 5.83. The van der Waals surface area contributed by atoms with Crippen LogP contribution in [0.15, 0.2) is 36.5 Å². The molecule has 3 rings (SSSR count). The van der Waals surface area contributed by atoms with Gasteiger partial charge >= 0.3 is 0 Å². The molecule has 0 unspecified atom stereocenters. The van der Waals surface area contributed by atoms with Crippen LogP contribution in [0, 0.1) is 11.7 Å². The number of aromatic nitrogens is 4. The summed E-state index contributed by atoms with van der Waals surface area (Å²) < 4.78 is 13.5. The Balaban J connectivity index is 1.67. The standard InChI is InChI=1S/C17H18ClN5O2S/c1-11-21-22-17(26)23(11)20-9-12-3-5-14(15(7-12)24-2)25-10-13-4-6-16(18)19-8-13/h3-8,20H,9-10H2,1-2H3,(H,22,26). The van der Waals surface area contributed by atoms with Gasteiger partial charge in [0.2, 0.25) is 4.77 Å². The second-order valence-corrected chi connectivity index (χ2v) is 6.28. The molecule has 0 spiro atoms. The van der Waals surface area contributed by atoms with Crippen LogP contribution in [0.3, 0.4) is 0 Å². The molecule has 2 aromatic heterocycles. The van der Waals surface area contributed by atoms with Crippen LogP contribution >= 0.6 is 23.8 Å². The number of hydrogen-bond acceptors (Lipinski definition) is 6. The lowest BCUT2D eigenvalue weighted by Crippen LogP contribution is -2.16. The minimum absolute atomic E-state index is 0.376. The molecule has 0 aliphatic carbocycles. The van der Waals surface area contributed by atoms with Gasteiger partial charge in [-0.15, -0.1) is 0 Å². The smallest absolute Gasteiger partial charge is 0.214 e. The predicted octanol–water partition coefficient (Wildman–Crippen LogP) is 3.63. The Morgan fingerprint density at radius 3 is 2.69 bits per heavy atom. The molecule has 7 nitrogen and oxygen atoms in total. The van der Waals surface area contributed by atoms with Crippen molar-refractivity contribution in [1.29, 1.82) is 0 Å². The quantitative estimate of drug-likeness (QED) is 0.473. The molecule has 0 amide bonds. The minimum Gasteiger partial charge on any atom is -0.493 e. The van der Waals surface area contributed by atoms with Crippen LogP contribution in [0.1, 0.15) is 17.0 Å². The van der Waals surface area contributed by atoms with E-state index in [0.29, 0.717) is 34.6 Å². The summed E-state index contributed by atoms with van der Waals surface area (Å²) in [5.41, 5.74) is 5.15. The summed E-state index contributed by atoms with van der Waals surface area (Å²) in [5, 5.41) is 7.25. The normalized spacial score (nSPS) is 10.6. The second-order valence-electron chi connectivity index (χ2n) is 5.51. The third-order valence-corrected chi connectivity index (χ3v) is 4.19. The number of aryl methyl sites for hydroxylation is 1. The lowest BCUT2D eigenvalue weighted by atomic mass is 10.2. The lowest BCUT2D eigenvalue weighted by Gasteiger charge is -2.13. The fourth-order valence-corrected chi connectivity index (χ4v) is 2.68. The lowest BCUT2D eigenvalue weighted by molar-refractivity contribution is 0.284. The molecule has 0 saturated carbocycles. The van der Waals surface area contributed by atoms with Gasteiger partial charge in [-0.25, -0.2) is 9.66 Å². The highest BCUT2D eigenvalue weighted by Crippen LogP contribution is 2.29. The Kier molecular flexibility index (Phi) is 5.75. The van der Waals surface area contributed by atoms with E-state index in [4.69, 9.17) is 33.3 Å². The average Bonchev–Trinajstić information content (AvgIpc) is 2.97. The number of H-pyrrole nitrogens is 1. The highest BCUT2D eigenvalue weighted by Gasteiger charge is 2.08. The first kappa shape index (κ1) is 18.2. The number of pyridine rings is 1. The number of benzene rings is 1. The molecule has 0 aliphatic rings. The van der Waals surface area contributed by atoms with E-state index in [-0.39, 0.29) is 0 Å². The molecule has 2 N–H and O–H groups in total. The fourth-order valence-electron chi connectivity index (χ4n) is 2.33. The molecule has 26 heavy (non-hydrogen) atoms. The summed E-state index contributed by atoms with van der Waals surface area (Å²) in [6, 6.07) is 9.36. The Labute approximate surface area is 160 Å². The predicted molar refractivity (Wildman–Crippen MR) is 102 cm³/mol. The van der Waals surface area contributed by atoms with E-state index in [0.717, 1.165) is 17.0 Å². The van der Waals surface area contributed by atoms with Crippen LogP contribution in [0.4, 0.5) is 0 Å². The maximum atomic E-state index is 5.83. The summed E-state index contributed by atoms with van der Waals surface area (Å²) >= 11 is 11.0. The molecular formula is C17H18ClN5O2S. The minimum atomic E-state index is 0.376. The number of halogens is 1. The highest BCUT2D eigenvalue weighted by atomic mass is 35.5. The van der Waals surface area contributed by atoms with Gasteiger partial charge in [-0.3, -0.25) is 5.10 Å². The molecule has 0 aliphatic heterocycles. The summed E-state index contributed by atoms with van der Waals surface area (Å²) in [4.78, 5) is 4.04. The van der Waals surface area contributed by atoms with Gasteiger partial charge in [0.1, 0.15) is 17.6 Å². The van der Waals surface area contributed by atoms with Crippen molar-refractivity contribution in [2.45, 2.75) is 20.1 Å². The van der Waals surface area contributed by atoms with Gasteiger partial charge in [0.15, 0.2) is 11.5 Å². The van der Waals surface area contributed by atoms with Crippen LogP contribution in [0.5, 0.6) is 11.5 Å². The van der Waals surface area contributed by atoms with E-state index >= 15 is 0 Å². The van der Waals surface area contributed by atoms with E-state index in [9.17, 15) is 0 Å². The first-order valence-corrected chi connectivity index (χ1v) is 8.63. The first-order valence-electron chi connectivity index (χ1n) is 7.85. The van der Waals surface area contributed by atoms with Crippen molar-refractivity contribution in [3.63, 3.8) is 0 Å². The third kappa shape index (κ3) is 4.33. The molecule has 2 heterocycles. The van der Waals surface area contributed by atoms with Crippen molar-refractivity contribution in [1.82, 2.24) is 19.9 Å². The second kappa shape index (κ2) is 8.20. The van der Waals surface area contributed by atoms with E-state index in [1.807, 2.05) is 31.2 Å². The fraction of sp³-hybridized carbons (Fsp3) is 0.235. The Hall–Kier alpha value is -2.58. The average molecular weight is 392 g/mol. The van der Waals surface area contributed by atoms with E-state index < -0.39 is 0 Å². The SMILES string of the molecule is COc1cc(CNn2c(C)n[nH]c2=S)ccc1OCc1ccc(Cl)nc1. The van der Waals surface area contributed by atoms with Gasteiger partial charge in [0.05, 0.1) is 13.7 Å². The molecule has 0 bridgehead atoms. The van der Waals surface area contributed by atoms with E-state index in [2.05, 4.69) is 20.6 Å². The molecule has 0 atom stereocenters. The summed E-state index contributed by atoms with van der Waals surface area (Å²) in [6.07, 6.45) is 1.68. The van der Waals surface area contributed by atoms with E-state index in [1.54, 1.807) is 24.0 Å². The first-order chi connectivity index (χ1) is 12.6. The Morgan fingerprint density at radius 1 is 1.23 bits per heavy atom. The number of methoxy groups -OCH3 is 1. The molecule has 3 aromatic rings. The molecule has 9 heteroatoms. The number of ether oxygens (including phenoxy) is 2. The summed E-state index contributed by atoms with van der Waals surface area (Å²) in [5.74, 6) is 2.07. The number of nitrogens with zero attached hydrogens (tertiary/aromatic N) is 3. The van der Waals surface area contributed by atoms with Crippen molar-refractivity contribution < 1.29 is 9.47 Å². The molecule has 0 fully saturated rings. The van der Waals surface area contributed by atoms with Crippen LogP contribution in [0.2, 0.25) is 5.15 Å². The van der Waals surface area contributed by atoms with Crippen molar-refractivity contribution in [3.8, 4) is 11.5 Å². The Bertz CT molecular complexity index is 939. The summed E-state index contributed by atoms with van der Waals surface area (Å²) in [7, 11) is 1.61. The summed E-state index contributed by atoms with van der Waals surface area (Å²) in [6.45, 7) is 2.80. The monoisotopic (exact) mass is 391 g/mol. The van der Waals surface area contributed by atoms with Crippen LogP contribution in [-0.4, -0.2) is 27.0 Å². The molecule has 1 aromatic carbocycles. The van der Waals surface area contributed by atoms with Crippen LogP contribution < -0.4 is 14.9 Å². The number of hydrogen-bond donors (Lipinski definition) is 2. The largest absolute Gasteiger partial charge is 0.493 e. The molecule has 0 radical (unpaired) electrons. The van der Waals surface area contributed by atoms with Crippen molar-refractivity contribution in [3.05, 3.63) is 63.4 Å². The molecule has 136 valence electrons. The Morgan fingerprint density at radius 2 is 2.04 bits per heavy atom.